The third kappa shape index (κ3) is 5.03. The number of piperidine rings is 1. The van der Waals surface area contributed by atoms with Gasteiger partial charge in [0, 0.05) is 31.1 Å². The molecule has 2 aromatic rings. The molecule has 0 spiro atoms. The summed E-state index contributed by atoms with van der Waals surface area (Å²) in [6.07, 6.45) is 1.10. The molecule has 0 aliphatic carbocycles. The van der Waals surface area contributed by atoms with Gasteiger partial charge in [-0.2, -0.15) is 14.7 Å². The molecule has 1 fully saturated rings. The fourth-order valence-electron chi connectivity index (χ4n) is 3.69. The molecule has 1 aliphatic heterocycles. The Morgan fingerprint density at radius 1 is 1.22 bits per heavy atom. The van der Waals surface area contributed by atoms with Gasteiger partial charge in [0.25, 0.3) is 0 Å². The Bertz CT molecular complexity index is 1110. The van der Waals surface area contributed by atoms with Crippen molar-refractivity contribution in [1.29, 1.82) is 5.26 Å². The first-order valence-electron chi connectivity index (χ1n) is 10.2. The number of aromatic nitrogens is 2. The maximum absolute atomic E-state index is 13.1. The molecular weight excluding hydrogens is 434 g/mol. The van der Waals surface area contributed by atoms with Crippen molar-refractivity contribution < 1.29 is 22.7 Å². The molecule has 1 saturated heterocycles. The number of carbonyl (C=O) groups excluding carboxylic acids is 1. The lowest BCUT2D eigenvalue weighted by Crippen LogP contribution is -2.41. The van der Waals surface area contributed by atoms with Crippen LogP contribution in [-0.4, -0.2) is 55.7 Å². The van der Waals surface area contributed by atoms with E-state index in [4.69, 9.17) is 14.7 Å². The number of nitrogens with zero attached hydrogens (tertiary/aromatic N) is 4. The second kappa shape index (κ2) is 10.0. The van der Waals surface area contributed by atoms with Crippen LogP contribution in [0, 0.1) is 24.2 Å². The monoisotopic (exact) mass is 461 g/mol. The fourth-order valence-corrected chi connectivity index (χ4v) is 5.17. The molecule has 32 heavy (non-hydrogen) atoms. The van der Waals surface area contributed by atoms with Gasteiger partial charge in [0.05, 0.1) is 43.8 Å². The number of ether oxygens (including phenoxy) is 2. The Balaban J connectivity index is 1.65. The van der Waals surface area contributed by atoms with Gasteiger partial charge >= 0.3 is 0 Å². The van der Waals surface area contributed by atoms with E-state index in [1.165, 1.54) is 30.7 Å². The van der Waals surface area contributed by atoms with Crippen molar-refractivity contribution in [2.45, 2.75) is 37.6 Å². The molecule has 11 heteroatoms. The number of hydrogen-bond donors (Lipinski definition) is 1. The molecule has 0 bridgehead atoms. The molecule has 1 aromatic heterocycles. The standard InChI is InChI=1S/C21H27N5O5S/c1-15-13-20(26(24-15)10-4-9-22)23-21(27)16-7-11-25(12-8-16)32(28,29)17-5-6-18(30-2)19(14-17)31-3/h5-6,13-14,16H,4,7-8,10-12H2,1-3H3,(H,23,27). The summed E-state index contributed by atoms with van der Waals surface area (Å²) in [5.41, 5.74) is 0.745. The zero-order chi connectivity index (χ0) is 23.3. The number of sulfonamides is 1. The SMILES string of the molecule is COc1ccc(S(=O)(=O)N2CCC(C(=O)Nc3cc(C)nn3CCC#N)CC2)cc1OC. The van der Waals surface area contributed by atoms with Gasteiger partial charge in [0.2, 0.25) is 15.9 Å². The van der Waals surface area contributed by atoms with Gasteiger partial charge < -0.3 is 14.8 Å². The molecule has 2 heterocycles. The first-order chi connectivity index (χ1) is 15.3. The molecule has 0 atom stereocenters. The Labute approximate surface area is 187 Å². The minimum Gasteiger partial charge on any atom is -0.493 e. The molecule has 0 radical (unpaired) electrons. The van der Waals surface area contributed by atoms with Gasteiger partial charge in [-0.15, -0.1) is 0 Å². The van der Waals surface area contributed by atoms with Gasteiger partial charge in [-0.25, -0.2) is 13.1 Å². The van der Waals surface area contributed by atoms with Crippen LogP contribution < -0.4 is 14.8 Å². The van der Waals surface area contributed by atoms with Gasteiger partial charge in [0.1, 0.15) is 5.82 Å². The van der Waals surface area contributed by atoms with Gasteiger partial charge in [-0.3, -0.25) is 4.79 Å². The minimum absolute atomic E-state index is 0.120. The second-order valence-corrected chi connectivity index (χ2v) is 9.42. The van der Waals surface area contributed by atoms with Gasteiger partial charge in [-0.1, -0.05) is 0 Å². The third-order valence-electron chi connectivity index (χ3n) is 5.41. The number of amides is 1. The summed E-state index contributed by atoms with van der Waals surface area (Å²) in [6, 6.07) is 8.31. The topological polar surface area (TPSA) is 127 Å². The zero-order valence-corrected chi connectivity index (χ0v) is 19.2. The second-order valence-electron chi connectivity index (χ2n) is 7.49. The molecule has 3 rings (SSSR count). The van der Waals surface area contributed by atoms with E-state index in [1.807, 2.05) is 6.92 Å². The van der Waals surface area contributed by atoms with Crippen molar-refractivity contribution in [3.63, 3.8) is 0 Å². The molecule has 172 valence electrons. The van der Waals surface area contributed by atoms with E-state index < -0.39 is 10.0 Å². The number of hydrogen-bond acceptors (Lipinski definition) is 7. The zero-order valence-electron chi connectivity index (χ0n) is 18.4. The molecular formula is C21H27N5O5S. The Kier molecular flexibility index (Phi) is 7.37. The summed E-state index contributed by atoms with van der Waals surface area (Å²) in [7, 11) is -0.784. The molecule has 1 N–H and O–H groups in total. The average molecular weight is 462 g/mol. The number of rotatable bonds is 8. The summed E-state index contributed by atoms with van der Waals surface area (Å²) >= 11 is 0. The van der Waals surface area contributed by atoms with Crippen LogP contribution in [-0.2, 0) is 21.4 Å². The van der Waals surface area contributed by atoms with Crippen LogP contribution in [0.4, 0.5) is 5.82 Å². The number of nitriles is 1. The number of benzene rings is 1. The Morgan fingerprint density at radius 3 is 2.53 bits per heavy atom. The number of aryl methyl sites for hydroxylation is 2. The first kappa shape index (κ1) is 23.6. The summed E-state index contributed by atoms with van der Waals surface area (Å²) in [5, 5.41) is 16.0. The number of carbonyl (C=O) groups is 1. The van der Waals surface area contributed by atoms with Crippen molar-refractivity contribution in [3.8, 4) is 17.6 Å². The minimum atomic E-state index is -3.72. The third-order valence-corrected chi connectivity index (χ3v) is 7.30. The number of anilines is 1. The van der Waals surface area contributed by atoms with E-state index in [0.29, 0.717) is 36.7 Å². The smallest absolute Gasteiger partial charge is 0.243 e. The number of nitrogens with one attached hydrogen (secondary N) is 1. The first-order valence-corrected chi connectivity index (χ1v) is 11.7. The van der Waals surface area contributed by atoms with E-state index in [0.717, 1.165) is 5.69 Å². The van der Waals surface area contributed by atoms with E-state index >= 15 is 0 Å². The summed E-state index contributed by atoms with van der Waals surface area (Å²) in [4.78, 5) is 12.9. The van der Waals surface area contributed by atoms with Crippen molar-refractivity contribution in [2.75, 3.05) is 32.6 Å². The maximum Gasteiger partial charge on any atom is 0.243 e. The molecule has 1 aliphatic rings. The van der Waals surface area contributed by atoms with Crippen LogP contribution in [0.3, 0.4) is 0 Å². The predicted octanol–water partition coefficient (Wildman–Crippen LogP) is 2.16. The maximum atomic E-state index is 13.1. The summed E-state index contributed by atoms with van der Waals surface area (Å²) < 4.78 is 39.5. The highest BCUT2D eigenvalue weighted by Gasteiger charge is 2.33. The quantitative estimate of drug-likeness (QED) is 0.638. The molecule has 1 aromatic carbocycles. The highest BCUT2D eigenvalue weighted by atomic mass is 32.2. The summed E-state index contributed by atoms with van der Waals surface area (Å²) in [6.45, 7) is 2.68. The molecule has 1 amide bonds. The van der Waals surface area contributed by atoms with Gasteiger partial charge in [0.15, 0.2) is 11.5 Å². The van der Waals surface area contributed by atoms with Crippen molar-refractivity contribution in [1.82, 2.24) is 14.1 Å². The lowest BCUT2D eigenvalue weighted by atomic mass is 9.97. The lowest BCUT2D eigenvalue weighted by Gasteiger charge is -2.30. The van der Waals surface area contributed by atoms with Crippen molar-refractivity contribution >= 4 is 21.7 Å². The Hall–Kier alpha value is -3.10. The van der Waals surface area contributed by atoms with Crippen LogP contribution >= 0.6 is 0 Å². The highest BCUT2D eigenvalue weighted by molar-refractivity contribution is 7.89. The lowest BCUT2D eigenvalue weighted by molar-refractivity contribution is -0.121. The highest BCUT2D eigenvalue weighted by Crippen LogP contribution is 2.32. The van der Waals surface area contributed by atoms with Crippen molar-refractivity contribution in [3.05, 3.63) is 30.0 Å². The van der Waals surface area contributed by atoms with Gasteiger partial charge in [-0.05, 0) is 31.9 Å². The van der Waals surface area contributed by atoms with Crippen LogP contribution in [0.1, 0.15) is 25.0 Å². The molecule has 0 saturated carbocycles. The predicted molar refractivity (Wildman–Crippen MR) is 117 cm³/mol. The number of methoxy groups -OCH3 is 2. The van der Waals surface area contributed by atoms with E-state index in [2.05, 4.69) is 16.5 Å². The average Bonchev–Trinajstić information content (AvgIpc) is 3.15. The van der Waals surface area contributed by atoms with E-state index in [-0.39, 0.29) is 36.2 Å². The van der Waals surface area contributed by atoms with Crippen LogP contribution in [0.25, 0.3) is 0 Å². The Morgan fingerprint density at radius 2 is 1.91 bits per heavy atom. The normalized spacial score (nSPS) is 15.2. The summed E-state index contributed by atoms with van der Waals surface area (Å²) in [5.74, 6) is 0.845. The van der Waals surface area contributed by atoms with E-state index in [1.54, 1.807) is 16.8 Å². The molecule has 10 nitrogen and oxygen atoms in total. The fraction of sp³-hybridized carbons (Fsp3) is 0.476. The molecule has 0 unspecified atom stereocenters. The van der Waals surface area contributed by atoms with E-state index in [9.17, 15) is 13.2 Å². The van der Waals surface area contributed by atoms with Crippen LogP contribution in [0.2, 0.25) is 0 Å². The largest absolute Gasteiger partial charge is 0.493 e. The van der Waals surface area contributed by atoms with Crippen molar-refractivity contribution in [2.24, 2.45) is 5.92 Å². The van der Waals surface area contributed by atoms with Crippen LogP contribution in [0.5, 0.6) is 11.5 Å². The van der Waals surface area contributed by atoms with Crippen LogP contribution in [0.15, 0.2) is 29.2 Å².